The molecule has 1 aliphatic carbocycles. The van der Waals surface area contributed by atoms with Crippen LogP contribution in [-0.4, -0.2) is 27.2 Å². The van der Waals surface area contributed by atoms with E-state index in [4.69, 9.17) is 17.4 Å². The molecule has 7 heteroatoms. The monoisotopic (exact) mass is 271 g/mol. The molecule has 0 amide bonds. The number of hydrogen-bond acceptors (Lipinski definition) is 6. The predicted octanol–water partition coefficient (Wildman–Crippen LogP) is 1.52. The Labute approximate surface area is 111 Å². The summed E-state index contributed by atoms with van der Waals surface area (Å²) in [4.78, 5) is 8.05. The minimum Gasteiger partial charge on any atom is -0.391 e. The lowest BCUT2D eigenvalue weighted by Gasteiger charge is -2.22. The van der Waals surface area contributed by atoms with Gasteiger partial charge in [-0.05, 0) is 12.8 Å². The van der Waals surface area contributed by atoms with Crippen LogP contribution in [0.25, 0.3) is 0 Å². The van der Waals surface area contributed by atoms with Gasteiger partial charge in [-0.25, -0.2) is 10.8 Å². The van der Waals surface area contributed by atoms with E-state index in [0.717, 1.165) is 32.1 Å². The van der Waals surface area contributed by atoms with Crippen LogP contribution in [-0.2, 0) is 0 Å². The van der Waals surface area contributed by atoms with E-state index in [1.807, 2.05) is 0 Å². The lowest BCUT2D eigenvalue weighted by molar-refractivity contribution is 0.144. The first-order valence-electron chi connectivity index (χ1n) is 6.14. The van der Waals surface area contributed by atoms with Crippen molar-refractivity contribution >= 4 is 23.4 Å². The third-order valence-corrected chi connectivity index (χ3v) is 3.45. The Morgan fingerprint density at radius 1 is 1.33 bits per heavy atom. The molecule has 1 aliphatic rings. The number of nitrogens with one attached hydrogen (secondary N) is 2. The van der Waals surface area contributed by atoms with Gasteiger partial charge < -0.3 is 10.4 Å². The van der Waals surface area contributed by atoms with Gasteiger partial charge in [-0.15, -0.1) is 0 Å². The molecule has 0 aliphatic heterocycles. The SMILES string of the molecule is NNc1ncc(Cl)c(NC2CCCCCC2O)n1. The minimum absolute atomic E-state index is 0.0227. The molecule has 1 aromatic rings. The van der Waals surface area contributed by atoms with Crippen molar-refractivity contribution in [1.29, 1.82) is 0 Å². The molecule has 0 spiro atoms. The van der Waals surface area contributed by atoms with E-state index in [1.54, 1.807) is 0 Å². The largest absolute Gasteiger partial charge is 0.391 e. The second kappa shape index (κ2) is 6.17. The number of aliphatic hydroxyl groups excluding tert-OH is 1. The van der Waals surface area contributed by atoms with Crippen molar-refractivity contribution in [3.05, 3.63) is 11.2 Å². The van der Waals surface area contributed by atoms with E-state index >= 15 is 0 Å². The lowest BCUT2D eigenvalue weighted by Crippen LogP contribution is -2.33. The van der Waals surface area contributed by atoms with Crippen LogP contribution in [0.3, 0.4) is 0 Å². The van der Waals surface area contributed by atoms with E-state index in [-0.39, 0.29) is 12.1 Å². The van der Waals surface area contributed by atoms with Crippen molar-refractivity contribution in [2.75, 3.05) is 10.7 Å². The van der Waals surface area contributed by atoms with Crippen LogP contribution in [0.4, 0.5) is 11.8 Å². The van der Waals surface area contributed by atoms with Crippen LogP contribution < -0.4 is 16.6 Å². The fourth-order valence-electron chi connectivity index (χ4n) is 2.17. The molecule has 0 radical (unpaired) electrons. The van der Waals surface area contributed by atoms with Gasteiger partial charge in [0.2, 0.25) is 5.95 Å². The Balaban J connectivity index is 2.11. The molecular weight excluding hydrogens is 254 g/mol. The average molecular weight is 272 g/mol. The first-order chi connectivity index (χ1) is 8.70. The third-order valence-electron chi connectivity index (χ3n) is 3.17. The molecule has 1 saturated carbocycles. The molecule has 0 aromatic carbocycles. The summed E-state index contributed by atoms with van der Waals surface area (Å²) in [7, 11) is 0. The average Bonchev–Trinajstić information content (AvgIpc) is 2.58. The van der Waals surface area contributed by atoms with E-state index < -0.39 is 0 Å². The maximum absolute atomic E-state index is 10.0. The summed E-state index contributed by atoms with van der Waals surface area (Å²) in [6, 6.07) is -0.0227. The van der Waals surface area contributed by atoms with E-state index in [2.05, 4.69) is 20.7 Å². The van der Waals surface area contributed by atoms with Crippen molar-refractivity contribution in [2.24, 2.45) is 5.84 Å². The molecule has 0 saturated heterocycles. The van der Waals surface area contributed by atoms with Crippen molar-refractivity contribution in [3.8, 4) is 0 Å². The molecule has 1 fully saturated rings. The number of nitrogens with zero attached hydrogens (tertiary/aromatic N) is 2. The highest BCUT2D eigenvalue weighted by Gasteiger charge is 2.22. The van der Waals surface area contributed by atoms with Crippen molar-refractivity contribution in [3.63, 3.8) is 0 Å². The second-order valence-corrected chi connectivity index (χ2v) is 4.90. The Hall–Kier alpha value is -1.11. The highest BCUT2D eigenvalue weighted by Crippen LogP contribution is 2.25. The Morgan fingerprint density at radius 2 is 2.11 bits per heavy atom. The lowest BCUT2D eigenvalue weighted by atomic mass is 10.1. The van der Waals surface area contributed by atoms with Crippen molar-refractivity contribution in [1.82, 2.24) is 9.97 Å². The smallest absolute Gasteiger partial charge is 0.239 e. The fraction of sp³-hybridized carbons (Fsp3) is 0.636. The third kappa shape index (κ3) is 3.22. The summed E-state index contributed by atoms with van der Waals surface area (Å²) >= 11 is 6.02. The number of nitrogens with two attached hydrogens (primary N) is 1. The normalized spacial score (nSPS) is 24.4. The zero-order valence-electron chi connectivity index (χ0n) is 10.1. The molecule has 5 N–H and O–H groups in total. The number of aromatic nitrogens is 2. The molecule has 0 bridgehead atoms. The molecule has 2 atom stereocenters. The predicted molar refractivity (Wildman–Crippen MR) is 71.4 cm³/mol. The van der Waals surface area contributed by atoms with Crippen LogP contribution >= 0.6 is 11.6 Å². The maximum Gasteiger partial charge on any atom is 0.239 e. The Morgan fingerprint density at radius 3 is 2.89 bits per heavy atom. The molecule has 2 unspecified atom stereocenters. The zero-order chi connectivity index (χ0) is 13.0. The van der Waals surface area contributed by atoms with Gasteiger partial charge in [0.15, 0.2) is 5.82 Å². The Kier molecular flexibility index (Phi) is 4.57. The first-order valence-corrected chi connectivity index (χ1v) is 6.52. The van der Waals surface area contributed by atoms with Crippen LogP contribution in [0.5, 0.6) is 0 Å². The standard InChI is InChI=1S/C11H18ClN5O/c12-7-6-14-11(17-13)16-10(7)15-8-4-2-1-3-5-9(8)18/h6,8-9,18H,1-5,13H2,(H2,14,15,16,17). The number of halogens is 1. The van der Waals surface area contributed by atoms with Gasteiger partial charge in [0, 0.05) is 0 Å². The van der Waals surface area contributed by atoms with Crippen LogP contribution in [0.15, 0.2) is 6.20 Å². The number of nitrogen functional groups attached to an aromatic ring is 1. The molecular formula is C11H18ClN5O. The number of rotatable bonds is 3. The van der Waals surface area contributed by atoms with Gasteiger partial charge in [-0.3, -0.25) is 5.43 Å². The maximum atomic E-state index is 10.0. The quantitative estimate of drug-likeness (QED) is 0.378. The number of hydrogen-bond donors (Lipinski definition) is 4. The van der Waals surface area contributed by atoms with Crippen molar-refractivity contribution < 1.29 is 5.11 Å². The van der Waals surface area contributed by atoms with Crippen molar-refractivity contribution in [2.45, 2.75) is 44.2 Å². The van der Waals surface area contributed by atoms with Gasteiger partial charge in [0.25, 0.3) is 0 Å². The molecule has 2 rings (SSSR count). The summed E-state index contributed by atoms with van der Waals surface area (Å²) in [5, 5.41) is 13.6. The zero-order valence-corrected chi connectivity index (χ0v) is 10.8. The summed E-state index contributed by atoms with van der Waals surface area (Å²) in [5.41, 5.74) is 2.37. The van der Waals surface area contributed by atoms with Gasteiger partial charge in [0.1, 0.15) is 5.02 Å². The Bertz CT molecular complexity index is 403. The van der Waals surface area contributed by atoms with Crippen LogP contribution in [0.1, 0.15) is 32.1 Å². The molecule has 18 heavy (non-hydrogen) atoms. The van der Waals surface area contributed by atoms with Gasteiger partial charge in [0.05, 0.1) is 18.3 Å². The van der Waals surface area contributed by atoms with E-state index in [9.17, 15) is 5.11 Å². The van der Waals surface area contributed by atoms with E-state index in [0.29, 0.717) is 16.8 Å². The molecule has 6 nitrogen and oxygen atoms in total. The highest BCUT2D eigenvalue weighted by atomic mass is 35.5. The van der Waals surface area contributed by atoms with Gasteiger partial charge >= 0.3 is 0 Å². The number of anilines is 2. The topological polar surface area (TPSA) is 96.1 Å². The van der Waals surface area contributed by atoms with Gasteiger partial charge in [-0.2, -0.15) is 4.98 Å². The first kappa shape index (κ1) is 13.3. The highest BCUT2D eigenvalue weighted by molar-refractivity contribution is 6.32. The molecule has 1 heterocycles. The minimum atomic E-state index is -0.368. The van der Waals surface area contributed by atoms with Crippen LogP contribution in [0.2, 0.25) is 5.02 Å². The second-order valence-electron chi connectivity index (χ2n) is 4.49. The summed E-state index contributed by atoms with van der Waals surface area (Å²) < 4.78 is 0. The number of hydrazine groups is 1. The van der Waals surface area contributed by atoms with Crippen LogP contribution in [0, 0.1) is 0 Å². The summed E-state index contributed by atoms with van der Waals surface area (Å²) in [5.74, 6) is 6.06. The molecule has 100 valence electrons. The number of aliphatic hydroxyl groups is 1. The fourth-order valence-corrected chi connectivity index (χ4v) is 2.32. The summed E-state index contributed by atoms with van der Waals surface area (Å²) in [6.45, 7) is 0. The van der Waals surface area contributed by atoms with E-state index in [1.165, 1.54) is 6.20 Å². The summed E-state index contributed by atoms with van der Waals surface area (Å²) in [6.07, 6.45) is 6.14. The molecule has 1 aromatic heterocycles. The van der Waals surface area contributed by atoms with Gasteiger partial charge in [-0.1, -0.05) is 30.9 Å².